The molecule has 1 fully saturated rings. The van der Waals surface area contributed by atoms with Gasteiger partial charge in [-0.3, -0.25) is 4.90 Å². The highest BCUT2D eigenvalue weighted by Crippen LogP contribution is 2.26. The quantitative estimate of drug-likeness (QED) is 0.917. The summed E-state index contributed by atoms with van der Waals surface area (Å²) in [6.45, 7) is 3.10. The number of anilines is 1. The van der Waals surface area contributed by atoms with E-state index in [1.807, 2.05) is 18.3 Å². The van der Waals surface area contributed by atoms with E-state index in [0.29, 0.717) is 12.0 Å². The van der Waals surface area contributed by atoms with Crippen molar-refractivity contribution in [2.75, 3.05) is 18.9 Å². The van der Waals surface area contributed by atoms with Gasteiger partial charge in [0.2, 0.25) is 5.95 Å². The van der Waals surface area contributed by atoms with E-state index < -0.39 is 0 Å². The van der Waals surface area contributed by atoms with Crippen molar-refractivity contribution in [3.63, 3.8) is 0 Å². The Morgan fingerprint density at radius 1 is 1.58 bits per heavy atom. The largest absolute Gasteiger partial charge is 0.351 e. The second-order valence-corrected chi connectivity index (χ2v) is 6.04. The van der Waals surface area contributed by atoms with Crippen molar-refractivity contribution in [3.8, 4) is 0 Å². The highest BCUT2D eigenvalue weighted by Gasteiger charge is 2.28. The molecule has 5 nitrogen and oxygen atoms in total. The summed E-state index contributed by atoms with van der Waals surface area (Å²) in [5.41, 5.74) is 0.841. The number of pyridine rings is 1. The van der Waals surface area contributed by atoms with Crippen molar-refractivity contribution < 1.29 is 0 Å². The highest BCUT2D eigenvalue weighted by molar-refractivity contribution is 9.10. The molecule has 102 valence electrons. The summed E-state index contributed by atoms with van der Waals surface area (Å²) in [6.07, 6.45) is 4.57. The Bertz CT molecular complexity index is 577. The molecule has 2 aromatic heterocycles. The van der Waals surface area contributed by atoms with Gasteiger partial charge in [0.15, 0.2) is 5.65 Å². The molecular weight excluding hydrogens is 306 g/mol. The molecule has 3 rings (SSSR count). The first kappa shape index (κ1) is 12.9. The summed E-state index contributed by atoms with van der Waals surface area (Å²) in [7, 11) is 2.19. The van der Waals surface area contributed by atoms with Crippen LogP contribution < -0.4 is 5.32 Å². The van der Waals surface area contributed by atoms with Gasteiger partial charge in [-0.05, 0) is 54.9 Å². The fourth-order valence-electron chi connectivity index (χ4n) is 2.17. The lowest BCUT2D eigenvalue weighted by atomic mass is 10.3. The third kappa shape index (κ3) is 2.74. The van der Waals surface area contributed by atoms with Gasteiger partial charge in [-0.2, -0.15) is 4.98 Å². The first-order chi connectivity index (χ1) is 9.15. The zero-order chi connectivity index (χ0) is 13.4. The van der Waals surface area contributed by atoms with Crippen LogP contribution in [0.15, 0.2) is 22.8 Å². The summed E-state index contributed by atoms with van der Waals surface area (Å²) in [4.78, 5) is 6.91. The third-order valence-corrected chi connectivity index (χ3v) is 4.31. The van der Waals surface area contributed by atoms with Crippen molar-refractivity contribution >= 4 is 27.5 Å². The first-order valence-electron chi connectivity index (χ1n) is 6.62. The lowest BCUT2D eigenvalue weighted by molar-refractivity contribution is 0.257. The molecule has 0 aliphatic heterocycles. The van der Waals surface area contributed by atoms with Crippen molar-refractivity contribution in [1.82, 2.24) is 19.5 Å². The molecule has 1 N–H and O–H groups in total. The normalized spacial score (nSPS) is 17.1. The van der Waals surface area contributed by atoms with E-state index in [2.05, 4.69) is 50.2 Å². The van der Waals surface area contributed by atoms with Crippen LogP contribution in [0, 0.1) is 0 Å². The summed E-state index contributed by atoms with van der Waals surface area (Å²) >= 11 is 3.48. The minimum atomic E-state index is 0.488. The van der Waals surface area contributed by atoms with E-state index in [9.17, 15) is 0 Å². The Hall–Kier alpha value is -1.14. The number of nitrogens with zero attached hydrogens (tertiary/aromatic N) is 4. The zero-order valence-corrected chi connectivity index (χ0v) is 12.8. The van der Waals surface area contributed by atoms with Crippen molar-refractivity contribution in [1.29, 1.82) is 0 Å². The molecule has 19 heavy (non-hydrogen) atoms. The van der Waals surface area contributed by atoms with Crippen LogP contribution in [0.25, 0.3) is 5.65 Å². The van der Waals surface area contributed by atoms with Gasteiger partial charge in [0.1, 0.15) is 0 Å². The fourth-order valence-corrected chi connectivity index (χ4v) is 2.60. The number of rotatable bonds is 5. The minimum Gasteiger partial charge on any atom is -0.351 e. The number of halogens is 1. The Morgan fingerprint density at radius 2 is 2.37 bits per heavy atom. The lowest BCUT2D eigenvalue weighted by Crippen LogP contribution is -2.36. The number of nitrogens with one attached hydrogen (secondary N) is 1. The number of hydrogen-bond donors (Lipinski definition) is 1. The van der Waals surface area contributed by atoms with Crippen LogP contribution in [-0.4, -0.2) is 45.2 Å². The zero-order valence-electron chi connectivity index (χ0n) is 11.2. The van der Waals surface area contributed by atoms with Gasteiger partial charge in [0.05, 0.1) is 4.47 Å². The molecule has 6 heteroatoms. The van der Waals surface area contributed by atoms with Crippen molar-refractivity contribution in [2.45, 2.75) is 31.8 Å². The molecule has 0 radical (unpaired) electrons. The number of hydrogen-bond acceptors (Lipinski definition) is 4. The van der Waals surface area contributed by atoms with Gasteiger partial charge >= 0.3 is 0 Å². The molecule has 0 spiro atoms. The predicted octanol–water partition coefficient (Wildman–Crippen LogP) is 2.39. The average Bonchev–Trinajstić information content (AvgIpc) is 3.16. The van der Waals surface area contributed by atoms with Crippen molar-refractivity contribution in [2.24, 2.45) is 0 Å². The smallest absolute Gasteiger partial charge is 0.243 e. The van der Waals surface area contributed by atoms with E-state index in [1.54, 1.807) is 4.52 Å². The SMILES string of the molecule is CC(CNc1nc2c(Br)cccn2n1)N(C)C1CC1. The van der Waals surface area contributed by atoms with Crippen LogP contribution in [0.3, 0.4) is 0 Å². The van der Waals surface area contributed by atoms with Crippen LogP contribution in [-0.2, 0) is 0 Å². The molecule has 0 amide bonds. The second-order valence-electron chi connectivity index (χ2n) is 5.19. The summed E-state index contributed by atoms with van der Waals surface area (Å²) < 4.78 is 2.74. The Labute approximate surface area is 121 Å². The molecule has 0 saturated heterocycles. The molecule has 1 aliphatic carbocycles. The van der Waals surface area contributed by atoms with Gasteiger partial charge in [-0.1, -0.05) is 0 Å². The molecular formula is C13H18BrN5. The second kappa shape index (κ2) is 5.09. The maximum absolute atomic E-state index is 4.48. The number of fused-ring (bicyclic) bond motifs is 1. The Balaban J connectivity index is 1.66. The molecule has 1 aliphatic rings. The average molecular weight is 324 g/mol. The van der Waals surface area contributed by atoms with E-state index >= 15 is 0 Å². The minimum absolute atomic E-state index is 0.488. The van der Waals surface area contributed by atoms with E-state index in [1.165, 1.54) is 12.8 Å². The van der Waals surface area contributed by atoms with Gasteiger partial charge < -0.3 is 5.32 Å². The van der Waals surface area contributed by atoms with Crippen LogP contribution in [0.1, 0.15) is 19.8 Å². The summed E-state index contributed by atoms with van der Waals surface area (Å²) in [5.74, 6) is 0.683. The van der Waals surface area contributed by atoms with Gasteiger partial charge in [-0.15, -0.1) is 5.10 Å². The Kier molecular flexibility index (Phi) is 3.45. The topological polar surface area (TPSA) is 45.5 Å². The highest BCUT2D eigenvalue weighted by atomic mass is 79.9. The summed E-state index contributed by atoms with van der Waals surface area (Å²) in [5, 5.41) is 7.73. The molecule has 1 unspecified atom stereocenters. The van der Waals surface area contributed by atoms with Gasteiger partial charge in [0.25, 0.3) is 0 Å². The molecule has 1 saturated carbocycles. The van der Waals surface area contributed by atoms with E-state index in [4.69, 9.17) is 0 Å². The first-order valence-corrected chi connectivity index (χ1v) is 7.41. The molecule has 0 bridgehead atoms. The summed E-state index contributed by atoms with van der Waals surface area (Å²) in [6, 6.07) is 5.18. The van der Waals surface area contributed by atoms with Gasteiger partial charge in [-0.25, -0.2) is 4.52 Å². The standard InChI is InChI=1S/C13H18BrN5/c1-9(18(2)10-5-6-10)8-15-13-16-12-11(14)4-3-7-19(12)17-13/h3-4,7,9-10H,5-6,8H2,1-2H3,(H,15,17). The van der Waals surface area contributed by atoms with Crippen LogP contribution in [0.4, 0.5) is 5.95 Å². The number of likely N-dealkylation sites (N-methyl/N-ethyl adjacent to an activating group) is 1. The van der Waals surface area contributed by atoms with Crippen LogP contribution in [0.2, 0.25) is 0 Å². The molecule has 0 aromatic carbocycles. The van der Waals surface area contributed by atoms with Crippen molar-refractivity contribution in [3.05, 3.63) is 22.8 Å². The molecule has 2 aromatic rings. The molecule has 2 heterocycles. The maximum atomic E-state index is 4.48. The fraction of sp³-hybridized carbons (Fsp3) is 0.538. The lowest BCUT2D eigenvalue weighted by Gasteiger charge is -2.24. The monoisotopic (exact) mass is 323 g/mol. The number of aromatic nitrogens is 3. The van der Waals surface area contributed by atoms with Crippen LogP contribution >= 0.6 is 15.9 Å². The maximum Gasteiger partial charge on any atom is 0.243 e. The predicted molar refractivity (Wildman–Crippen MR) is 79.4 cm³/mol. The third-order valence-electron chi connectivity index (χ3n) is 3.69. The Morgan fingerprint density at radius 3 is 3.05 bits per heavy atom. The van der Waals surface area contributed by atoms with Gasteiger partial charge in [0, 0.05) is 24.8 Å². The van der Waals surface area contributed by atoms with E-state index in [0.717, 1.165) is 22.7 Å². The van der Waals surface area contributed by atoms with E-state index in [-0.39, 0.29) is 0 Å². The molecule has 1 atom stereocenters. The van der Waals surface area contributed by atoms with Crippen LogP contribution in [0.5, 0.6) is 0 Å².